The topological polar surface area (TPSA) is 78.4 Å². The molecule has 0 radical (unpaired) electrons. The van der Waals surface area contributed by atoms with Crippen LogP contribution < -0.4 is 10.6 Å². The van der Waals surface area contributed by atoms with Crippen LogP contribution in [0.25, 0.3) is 0 Å². The number of fused-ring (bicyclic) bond motifs is 2. The van der Waals surface area contributed by atoms with E-state index < -0.39 is 12.0 Å². The normalized spacial score (nSPS) is 30.8. The highest BCUT2D eigenvalue weighted by atomic mass is 16.4. The van der Waals surface area contributed by atoms with Crippen LogP contribution in [0.1, 0.15) is 52.9 Å². The van der Waals surface area contributed by atoms with E-state index in [2.05, 4.69) is 17.6 Å². The van der Waals surface area contributed by atoms with Crippen LogP contribution in [0.3, 0.4) is 0 Å². The van der Waals surface area contributed by atoms with Crippen molar-refractivity contribution in [1.29, 1.82) is 0 Å². The predicted molar refractivity (Wildman–Crippen MR) is 85.4 cm³/mol. The van der Waals surface area contributed by atoms with Crippen molar-refractivity contribution in [2.45, 2.75) is 65.0 Å². The van der Waals surface area contributed by atoms with Crippen LogP contribution in [0.5, 0.6) is 0 Å². The Hall–Kier alpha value is -1.10. The van der Waals surface area contributed by atoms with Gasteiger partial charge >= 0.3 is 5.97 Å². The van der Waals surface area contributed by atoms with Gasteiger partial charge in [0.15, 0.2) is 0 Å². The number of carbonyl (C=O) groups is 2. The number of hydrogen-bond donors (Lipinski definition) is 3. The molecule has 0 aromatic heterocycles. The summed E-state index contributed by atoms with van der Waals surface area (Å²) in [4.78, 5) is 23.3. The Morgan fingerprint density at radius 3 is 2.45 bits per heavy atom. The molecule has 2 saturated carbocycles. The molecule has 0 aromatic rings. The maximum Gasteiger partial charge on any atom is 0.320 e. The first-order chi connectivity index (χ1) is 10.4. The van der Waals surface area contributed by atoms with Gasteiger partial charge in [0.25, 0.3) is 0 Å². The Morgan fingerprint density at radius 2 is 1.95 bits per heavy atom. The first-order valence-electron chi connectivity index (χ1n) is 8.67. The molecular formula is C17H30N2O3. The third kappa shape index (κ3) is 4.00. The average Bonchev–Trinajstić information content (AvgIpc) is 3.09. The van der Waals surface area contributed by atoms with E-state index in [0.717, 1.165) is 18.3 Å². The fourth-order valence-corrected chi connectivity index (χ4v) is 4.29. The van der Waals surface area contributed by atoms with Crippen molar-refractivity contribution in [3.63, 3.8) is 0 Å². The van der Waals surface area contributed by atoms with Crippen LogP contribution in [0.15, 0.2) is 0 Å². The largest absolute Gasteiger partial charge is 0.480 e. The molecule has 2 aliphatic rings. The van der Waals surface area contributed by atoms with Gasteiger partial charge in [-0.2, -0.15) is 0 Å². The van der Waals surface area contributed by atoms with Crippen LogP contribution in [-0.2, 0) is 9.59 Å². The van der Waals surface area contributed by atoms with E-state index in [4.69, 9.17) is 0 Å². The van der Waals surface area contributed by atoms with Crippen LogP contribution >= 0.6 is 0 Å². The molecule has 0 spiro atoms. The maximum absolute atomic E-state index is 12.1. The molecule has 6 atom stereocenters. The molecule has 126 valence electrons. The lowest BCUT2D eigenvalue weighted by atomic mass is 9.84. The van der Waals surface area contributed by atoms with Gasteiger partial charge in [0, 0.05) is 6.04 Å². The van der Waals surface area contributed by atoms with Crippen molar-refractivity contribution in [3.8, 4) is 0 Å². The van der Waals surface area contributed by atoms with Gasteiger partial charge in [0.2, 0.25) is 5.91 Å². The smallest absolute Gasteiger partial charge is 0.320 e. The number of carboxylic acids is 1. The Bertz CT molecular complexity index is 413. The van der Waals surface area contributed by atoms with Crippen LogP contribution in [0.4, 0.5) is 0 Å². The molecule has 4 unspecified atom stereocenters. The van der Waals surface area contributed by atoms with Gasteiger partial charge < -0.3 is 10.4 Å². The molecule has 2 fully saturated rings. The van der Waals surface area contributed by atoms with Gasteiger partial charge in [-0.05, 0) is 49.9 Å². The number of carboxylic acid groups (broad SMARTS) is 1. The average molecular weight is 310 g/mol. The molecule has 3 N–H and O–H groups in total. The van der Waals surface area contributed by atoms with Gasteiger partial charge in [0.05, 0.1) is 6.54 Å². The quantitative estimate of drug-likeness (QED) is 0.641. The highest BCUT2D eigenvalue weighted by Crippen LogP contribution is 2.49. The molecule has 2 rings (SSSR count). The van der Waals surface area contributed by atoms with E-state index in [1.165, 1.54) is 25.7 Å². The van der Waals surface area contributed by atoms with E-state index in [-0.39, 0.29) is 24.4 Å². The summed E-state index contributed by atoms with van der Waals surface area (Å²) in [6.45, 7) is 6.01. The fourth-order valence-electron chi connectivity index (χ4n) is 4.29. The summed E-state index contributed by atoms with van der Waals surface area (Å²) in [5, 5.41) is 15.2. The summed E-state index contributed by atoms with van der Waals surface area (Å²) in [5.74, 6) is 1.28. The van der Waals surface area contributed by atoms with Gasteiger partial charge in [-0.3, -0.25) is 14.9 Å². The SMILES string of the molecule is CC[C@H](C)[C@H](NCC(=O)NC(C)C1CC2CCC1C2)C(=O)O. The molecule has 2 bridgehead atoms. The summed E-state index contributed by atoms with van der Waals surface area (Å²) in [5.41, 5.74) is 0. The van der Waals surface area contributed by atoms with Crippen LogP contribution in [0.2, 0.25) is 0 Å². The van der Waals surface area contributed by atoms with Crippen molar-refractivity contribution in [1.82, 2.24) is 10.6 Å². The first kappa shape index (κ1) is 17.3. The van der Waals surface area contributed by atoms with Crippen LogP contribution in [0, 0.1) is 23.7 Å². The summed E-state index contributed by atoms with van der Waals surface area (Å²) < 4.78 is 0. The molecule has 0 aliphatic heterocycles. The standard InChI is InChI=1S/C17H30N2O3/c1-4-10(2)16(17(21)22)18-9-15(20)19-11(3)14-8-12-5-6-13(14)7-12/h10-14,16,18H,4-9H2,1-3H3,(H,19,20)(H,21,22)/t10-,11?,12?,13?,14?,16-/m0/s1. The molecule has 0 aromatic carbocycles. The molecule has 22 heavy (non-hydrogen) atoms. The number of amides is 1. The summed E-state index contributed by atoms with van der Waals surface area (Å²) in [6, 6.07) is -0.468. The van der Waals surface area contributed by atoms with Gasteiger partial charge in [-0.25, -0.2) is 0 Å². The molecule has 5 nitrogen and oxygen atoms in total. The zero-order valence-electron chi connectivity index (χ0n) is 14.0. The Labute approximate surface area is 133 Å². The van der Waals surface area contributed by atoms with Crippen molar-refractivity contribution in [2.75, 3.05) is 6.54 Å². The highest BCUT2D eigenvalue weighted by molar-refractivity contribution is 5.80. The van der Waals surface area contributed by atoms with Crippen molar-refractivity contribution in [3.05, 3.63) is 0 Å². The second-order valence-corrected chi connectivity index (χ2v) is 7.28. The lowest BCUT2D eigenvalue weighted by molar-refractivity contribution is -0.141. The Morgan fingerprint density at radius 1 is 1.23 bits per heavy atom. The first-order valence-corrected chi connectivity index (χ1v) is 8.67. The number of carbonyl (C=O) groups excluding carboxylic acids is 1. The molecule has 0 saturated heterocycles. The van der Waals surface area contributed by atoms with Crippen LogP contribution in [-0.4, -0.2) is 35.6 Å². The third-order valence-electron chi connectivity index (χ3n) is 5.79. The van der Waals surface area contributed by atoms with Gasteiger partial charge in [-0.15, -0.1) is 0 Å². The number of hydrogen-bond acceptors (Lipinski definition) is 3. The van der Waals surface area contributed by atoms with E-state index in [1.54, 1.807) is 0 Å². The Kier molecular flexibility index (Phi) is 5.84. The Balaban J connectivity index is 1.76. The van der Waals surface area contributed by atoms with Crippen molar-refractivity contribution >= 4 is 11.9 Å². The number of aliphatic carboxylic acids is 1. The van der Waals surface area contributed by atoms with Crippen molar-refractivity contribution < 1.29 is 14.7 Å². The zero-order valence-corrected chi connectivity index (χ0v) is 14.0. The molecule has 0 heterocycles. The van der Waals surface area contributed by atoms with E-state index in [1.807, 2.05) is 13.8 Å². The number of nitrogens with one attached hydrogen (secondary N) is 2. The summed E-state index contributed by atoms with van der Waals surface area (Å²) >= 11 is 0. The zero-order chi connectivity index (χ0) is 16.3. The number of rotatable bonds is 8. The van der Waals surface area contributed by atoms with Gasteiger partial charge in [-0.1, -0.05) is 26.7 Å². The summed E-state index contributed by atoms with van der Waals surface area (Å²) in [6.07, 6.45) is 6.01. The minimum absolute atomic E-state index is 0.00768. The minimum atomic E-state index is -0.886. The monoisotopic (exact) mass is 310 g/mol. The van der Waals surface area contributed by atoms with E-state index in [9.17, 15) is 14.7 Å². The summed E-state index contributed by atoms with van der Waals surface area (Å²) in [7, 11) is 0. The maximum atomic E-state index is 12.1. The van der Waals surface area contributed by atoms with Crippen molar-refractivity contribution in [2.24, 2.45) is 23.7 Å². The second kappa shape index (κ2) is 7.44. The minimum Gasteiger partial charge on any atom is -0.480 e. The molecular weight excluding hydrogens is 280 g/mol. The lowest BCUT2D eigenvalue weighted by Gasteiger charge is -2.29. The van der Waals surface area contributed by atoms with E-state index >= 15 is 0 Å². The molecule has 5 heteroatoms. The van der Waals surface area contributed by atoms with E-state index in [0.29, 0.717) is 5.92 Å². The lowest BCUT2D eigenvalue weighted by Crippen LogP contribution is -2.49. The third-order valence-corrected chi connectivity index (χ3v) is 5.79. The second-order valence-electron chi connectivity index (χ2n) is 7.28. The molecule has 1 amide bonds. The fraction of sp³-hybridized carbons (Fsp3) is 0.882. The molecule has 2 aliphatic carbocycles. The van der Waals surface area contributed by atoms with Gasteiger partial charge in [0.1, 0.15) is 6.04 Å². The highest BCUT2D eigenvalue weighted by Gasteiger charge is 2.42. The predicted octanol–water partition coefficient (Wildman–Crippen LogP) is 2.02.